The molecule has 1 heterocycles. The Labute approximate surface area is 127 Å². The van der Waals surface area contributed by atoms with E-state index < -0.39 is 11.6 Å². The number of aryl methyl sites for hydroxylation is 1. The lowest BCUT2D eigenvalue weighted by molar-refractivity contribution is 0.374. The van der Waals surface area contributed by atoms with Crippen LogP contribution in [0.1, 0.15) is 23.9 Å². The van der Waals surface area contributed by atoms with Crippen molar-refractivity contribution in [1.29, 1.82) is 0 Å². The molecule has 0 radical (unpaired) electrons. The topological polar surface area (TPSA) is 62.5 Å². The Balaban J connectivity index is 1.88. The van der Waals surface area contributed by atoms with Crippen LogP contribution in [0.25, 0.3) is 0 Å². The Morgan fingerprint density at radius 2 is 2.00 bits per heavy atom. The van der Waals surface area contributed by atoms with Crippen LogP contribution in [-0.4, -0.2) is 18.2 Å². The smallest absolute Gasteiger partial charge is 0.191 e. The maximum absolute atomic E-state index is 13.5. The Bertz CT molecular complexity index is 655. The monoisotopic (exact) mass is 308 g/mol. The molecule has 2 aromatic rings. The second kappa shape index (κ2) is 7.53. The van der Waals surface area contributed by atoms with Crippen molar-refractivity contribution in [1.82, 2.24) is 15.8 Å². The number of benzene rings is 1. The van der Waals surface area contributed by atoms with E-state index in [1.807, 2.05) is 13.0 Å². The van der Waals surface area contributed by atoms with Gasteiger partial charge in [-0.2, -0.15) is 0 Å². The summed E-state index contributed by atoms with van der Waals surface area (Å²) in [7, 11) is 1.59. The van der Waals surface area contributed by atoms with Crippen LogP contribution in [0, 0.1) is 11.6 Å². The van der Waals surface area contributed by atoms with Gasteiger partial charge in [0.1, 0.15) is 11.6 Å². The van der Waals surface area contributed by atoms with Crippen molar-refractivity contribution < 1.29 is 13.3 Å². The van der Waals surface area contributed by atoms with E-state index >= 15 is 0 Å². The van der Waals surface area contributed by atoms with Gasteiger partial charge in [0, 0.05) is 25.2 Å². The highest BCUT2D eigenvalue weighted by molar-refractivity contribution is 5.79. The standard InChI is InChI=1S/C15H18F2N4O/c1-3-12-7-13(22-21-12)9-20-15(18-2)19-8-10-6-11(16)4-5-14(10)17/h4-7H,3,8-9H2,1-2H3,(H2,18,19,20). The van der Waals surface area contributed by atoms with E-state index in [1.165, 1.54) is 0 Å². The largest absolute Gasteiger partial charge is 0.359 e. The molecule has 0 saturated carbocycles. The molecule has 2 N–H and O–H groups in total. The van der Waals surface area contributed by atoms with Gasteiger partial charge in [0.2, 0.25) is 0 Å². The van der Waals surface area contributed by atoms with Gasteiger partial charge in [-0.05, 0) is 24.6 Å². The van der Waals surface area contributed by atoms with Crippen LogP contribution in [-0.2, 0) is 19.5 Å². The number of hydrogen-bond acceptors (Lipinski definition) is 3. The SMILES string of the molecule is CCc1cc(CNC(=NC)NCc2cc(F)ccc2F)on1. The maximum Gasteiger partial charge on any atom is 0.191 e. The molecular formula is C15H18F2N4O. The minimum Gasteiger partial charge on any atom is -0.359 e. The maximum atomic E-state index is 13.5. The van der Waals surface area contributed by atoms with Crippen molar-refractivity contribution in [2.75, 3.05) is 7.05 Å². The lowest BCUT2D eigenvalue weighted by Crippen LogP contribution is -2.36. The van der Waals surface area contributed by atoms with Crippen LogP contribution >= 0.6 is 0 Å². The Hall–Kier alpha value is -2.44. The fourth-order valence-electron chi connectivity index (χ4n) is 1.85. The first kappa shape index (κ1) is 15.9. The molecule has 0 spiro atoms. The van der Waals surface area contributed by atoms with Gasteiger partial charge in [-0.1, -0.05) is 12.1 Å². The van der Waals surface area contributed by atoms with Crippen molar-refractivity contribution in [2.45, 2.75) is 26.4 Å². The average Bonchev–Trinajstić information content (AvgIpc) is 2.98. The van der Waals surface area contributed by atoms with Crippen LogP contribution in [0.15, 0.2) is 33.8 Å². The summed E-state index contributed by atoms with van der Waals surface area (Å²) in [5.74, 6) is 0.192. The highest BCUT2D eigenvalue weighted by atomic mass is 19.1. The normalized spacial score (nSPS) is 11.5. The van der Waals surface area contributed by atoms with E-state index in [9.17, 15) is 8.78 Å². The molecule has 0 aliphatic carbocycles. The van der Waals surface area contributed by atoms with Crippen LogP contribution in [0.4, 0.5) is 8.78 Å². The highest BCUT2D eigenvalue weighted by Gasteiger charge is 2.07. The Kier molecular flexibility index (Phi) is 5.46. The summed E-state index contributed by atoms with van der Waals surface area (Å²) in [4.78, 5) is 4.01. The van der Waals surface area contributed by atoms with Crippen molar-refractivity contribution in [3.8, 4) is 0 Å². The molecule has 0 unspecified atom stereocenters. The lowest BCUT2D eigenvalue weighted by Gasteiger charge is -2.11. The molecule has 0 amide bonds. The number of rotatable bonds is 5. The van der Waals surface area contributed by atoms with Crippen molar-refractivity contribution in [2.24, 2.45) is 4.99 Å². The molecule has 1 aromatic heterocycles. The third kappa shape index (κ3) is 4.28. The summed E-state index contributed by atoms with van der Waals surface area (Å²) in [6, 6.07) is 5.19. The quantitative estimate of drug-likeness (QED) is 0.657. The molecule has 0 atom stereocenters. The Morgan fingerprint density at radius 1 is 1.23 bits per heavy atom. The first-order chi connectivity index (χ1) is 10.6. The van der Waals surface area contributed by atoms with Gasteiger partial charge in [-0.25, -0.2) is 8.78 Å². The van der Waals surface area contributed by atoms with Gasteiger partial charge in [-0.15, -0.1) is 0 Å². The number of halogens is 2. The molecule has 22 heavy (non-hydrogen) atoms. The Morgan fingerprint density at radius 3 is 2.68 bits per heavy atom. The molecule has 2 rings (SSSR count). The zero-order valence-corrected chi connectivity index (χ0v) is 12.5. The highest BCUT2D eigenvalue weighted by Crippen LogP contribution is 2.09. The predicted octanol–water partition coefficient (Wildman–Crippen LogP) is 2.38. The minimum atomic E-state index is -0.477. The third-order valence-corrected chi connectivity index (χ3v) is 3.08. The van der Waals surface area contributed by atoms with Gasteiger partial charge in [0.25, 0.3) is 0 Å². The molecule has 0 aliphatic heterocycles. The van der Waals surface area contributed by atoms with Gasteiger partial charge in [0.15, 0.2) is 11.7 Å². The summed E-state index contributed by atoms with van der Waals surface area (Å²) in [6.45, 7) is 2.52. The number of hydrogen-bond donors (Lipinski definition) is 2. The number of aromatic nitrogens is 1. The van der Waals surface area contributed by atoms with E-state index in [0.29, 0.717) is 18.3 Å². The van der Waals surface area contributed by atoms with Gasteiger partial charge in [0.05, 0.1) is 12.2 Å². The number of nitrogens with one attached hydrogen (secondary N) is 2. The summed E-state index contributed by atoms with van der Waals surface area (Å²) in [6.07, 6.45) is 0.801. The predicted molar refractivity (Wildman–Crippen MR) is 79.3 cm³/mol. The van der Waals surface area contributed by atoms with Crippen LogP contribution in [0.3, 0.4) is 0 Å². The summed E-state index contributed by atoms with van der Waals surface area (Å²) < 4.78 is 31.8. The second-order valence-electron chi connectivity index (χ2n) is 4.65. The molecule has 0 aliphatic rings. The number of guanidine groups is 1. The fourth-order valence-corrected chi connectivity index (χ4v) is 1.85. The minimum absolute atomic E-state index is 0.125. The van der Waals surface area contributed by atoms with Gasteiger partial charge < -0.3 is 15.2 Å². The van der Waals surface area contributed by atoms with Crippen molar-refractivity contribution in [3.05, 3.63) is 52.9 Å². The fraction of sp³-hybridized carbons (Fsp3) is 0.333. The van der Waals surface area contributed by atoms with E-state index in [-0.39, 0.29) is 12.1 Å². The molecule has 118 valence electrons. The van der Waals surface area contributed by atoms with Crippen LogP contribution < -0.4 is 10.6 Å². The molecule has 5 nitrogen and oxygen atoms in total. The zero-order chi connectivity index (χ0) is 15.9. The molecule has 0 fully saturated rings. The summed E-state index contributed by atoms with van der Waals surface area (Å²) in [5.41, 5.74) is 1.11. The van der Waals surface area contributed by atoms with E-state index in [2.05, 4.69) is 20.8 Å². The summed E-state index contributed by atoms with van der Waals surface area (Å²) in [5, 5.41) is 9.82. The molecule has 7 heteroatoms. The van der Waals surface area contributed by atoms with E-state index in [1.54, 1.807) is 7.05 Å². The number of aliphatic imine (C=N–C) groups is 1. The summed E-state index contributed by atoms with van der Waals surface area (Å²) >= 11 is 0. The third-order valence-electron chi connectivity index (χ3n) is 3.08. The van der Waals surface area contributed by atoms with Gasteiger partial charge in [-0.3, -0.25) is 4.99 Å². The van der Waals surface area contributed by atoms with E-state index in [0.717, 1.165) is 30.3 Å². The van der Waals surface area contributed by atoms with Gasteiger partial charge >= 0.3 is 0 Å². The molecular weight excluding hydrogens is 290 g/mol. The van der Waals surface area contributed by atoms with Crippen molar-refractivity contribution >= 4 is 5.96 Å². The number of nitrogens with zero attached hydrogens (tertiary/aromatic N) is 2. The van der Waals surface area contributed by atoms with Crippen LogP contribution in [0.2, 0.25) is 0 Å². The van der Waals surface area contributed by atoms with Crippen molar-refractivity contribution in [3.63, 3.8) is 0 Å². The molecule has 0 saturated heterocycles. The zero-order valence-electron chi connectivity index (χ0n) is 12.5. The molecule has 1 aromatic carbocycles. The lowest BCUT2D eigenvalue weighted by atomic mass is 10.2. The van der Waals surface area contributed by atoms with Crippen LogP contribution in [0.5, 0.6) is 0 Å². The van der Waals surface area contributed by atoms with E-state index in [4.69, 9.17) is 4.52 Å². The first-order valence-electron chi connectivity index (χ1n) is 6.95. The first-order valence-corrected chi connectivity index (χ1v) is 6.95. The second-order valence-corrected chi connectivity index (χ2v) is 4.65. The average molecular weight is 308 g/mol. The molecule has 0 bridgehead atoms.